The highest BCUT2D eigenvalue weighted by molar-refractivity contribution is 7.09. The summed E-state index contributed by atoms with van der Waals surface area (Å²) in [6, 6.07) is 4.32. The Hall–Kier alpha value is -1.11. The van der Waals surface area contributed by atoms with E-state index in [4.69, 9.17) is 9.47 Å². The molecule has 0 aliphatic carbocycles. The maximum absolute atomic E-state index is 12.5. The maximum Gasteiger partial charge on any atom is 0.317 e. The van der Waals surface area contributed by atoms with Crippen molar-refractivity contribution in [3.63, 3.8) is 0 Å². The Morgan fingerprint density at radius 1 is 1.52 bits per heavy atom. The van der Waals surface area contributed by atoms with Gasteiger partial charge in [-0.3, -0.25) is 0 Å². The first-order valence-electron chi connectivity index (χ1n) is 8.42. The Labute approximate surface area is 142 Å². The van der Waals surface area contributed by atoms with Crippen molar-refractivity contribution in [2.24, 2.45) is 5.92 Å². The molecular formula is C17H26N2O3S. The largest absolute Gasteiger partial charge is 0.347 e. The number of amides is 2. The molecular weight excluding hydrogens is 312 g/mol. The van der Waals surface area contributed by atoms with Crippen LogP contribution in [0.15, 0.2) is 17.5 Å². The minimum Gasteiger partial charge on any atom is -0.347 e. The molecule has 2 fully saturated rings. The van der Waals surface area contributed by atoms with Crippen molar-refractivity contribution in [1.82, 2.24) is 10.2 Å². The molecule has 2 aliphatic rings. The van der Waals surface area contributed by atoms with Crippen molar-refractivity contribution in [2.45, 2.75) is 44.9 Å². The first kappa shape index (κ1) is 16.7. The van der Waals surface area contributed by atoms with Crippen LogP contribution in [-0.2, 0) is 15.9 Å². The molecule has 5 nitrogen and oxygen atoms in total. The first-order chi connectivity index (χ1) is 11.1. The second-order valence-electron chi connectivity index (χ2n) is 6.63. The van der Waals surface area contributed by atoms with Crippen LogP contribution in [0.5, 0.6) is 0 Å². The molecule has 128 valence electrons. The van der Waals surface area contributed by atoms with E-state index < -0.39 is 5.79 Å². The number of likely N-dealkylation sites (tertiary alicyclic amines) is 1. The predicted octanol–water partition coefficient (Wildman–Crippen LogP) is 2.86. The summed E-state index contributed by atoms with van der Waals surface area (Å²) in [7, 11) is 0. The van der Waals surface area contributed by atoms with Gasteiger partial charge in [0, 0.05) is 36.3 Å². The van der Waals surface area contributed by atoms with Gasteiger partial charge in [0.05, 0.1) is 13.2 Å². The average Bonchev–Trinajstić information content (AvgIpc) is 3.20. The summed E-state index contributed by atoms with van der Waals surface area (Å²) >= 11 is 1.73. The second-order valence-corrected chi connectivity index (χ2v) is 7.66. The zero-order valence-electron chi connectivity index (χ0n) is 13.9. The molecule has 2 atom stereocenters. The molecule has 2 unspecified atom stereocenters. The summed E-state index contributed by atoms with van der Waals surface area (Å²) in [5.41, 5.74) is 0. The number of rotatable bonds is 4. The lowest BCUT2D eigenvalue weighted by Gasteiger charge is -2.40. The zero-order valence-corrected chi connectivity index (χ0v) is 14.7. The Morgan fingerprint density at radius 3 is 3.00 bits per heavy atom. The third kappa shape index (κ3) is 4.05. The lowest BCUT2D eigenvalue weighted by Crippen LogP contribution is -2.52. The molecule has 2 saturated heterocycles. The second kappa shape index (κ2) is 7.20. The standard InChI is InChI=1S/C17H26N2O3S/c1-13(11-15-6-4-10-23-15)18-16(20)19-7-3-5-14(12-19)17(2)21-8-9-22-17/h4,6,10,13-14H,3,5,7-9,11-12H2,1-2H3,(H,18,20). The van der Waals surface area contributed by atoms with Crippen molar-refractivity contribution in [2.75, 3.05) is 26.3 Å². The van der Waals surface area contributed by atoms with E-state index in [1.807, 2.05) is 17.9 Å². The van der Waals surface area contributed by atoms with E-state index in [-0.39, 0.29) is 18.0 Å². The predicted molar refractivity (Wildman–Crippen MR) is 90.6 cm³/mol. The van der Waals surface area contributed by atoms with Crippen LogP contribution in [-0.4, -0.2) is 49.1 Å². The van der Waals surface area contributed by atoms with Crippen LogP contribution in [0.25, 0.3) is 0 Å². The van der Waals surface area contributed by atoms with Crippen LogP contribution >= 0.6 is 11.3 Å². The Morgan fingerprint density at radius 2 is 2.30 bits per heavy atom. The van der Waals surface area contributed by atoms with Crippen molar-refractivity contribution in [3.8, 4) is 0 Å². The van der Waals surface area contributed by atoms with Crippen LogP contribution in [0.1, 0.15) is 31.6 Å². The van der Waals surface area contributed by atoms with Crippen LogP contribution in [0, 0.1) is 5.92 Å². The third-order valence-corrected chi connectivity index (χ3v) is 5.67. The van der Waals surface area contributed by atoms with Gasteiger partial charge in [0.15, 0.2) is 5.79 Å². The lowest BCUT2D eigenvalue weighted by atomic mass is 9.90. The fraction of sp³-hybridized carbons (Fsp3) is 0.706. The van der Waals surface area contributed by atoms with Crippen molar-refractivity contribution in [3.05, 3.63) is 22.4 Å². The summed E-state index contributed by atoms with van der Waals surface area (Å²) in [4.78, 5) is 15.8. The van der Waals surface area contributed by atoms with Crippen LogP contribution in [0.4, 0.5) is 4.79 Å². The van der Waals surface area contributed by atoms with Crippen molar-refractivity contribution < 1.29 is 14.3 Å². The quantitative estimate of drug-likeness (QED) is 0.918. The number of hydrogen-bond donors (Lipinski definition) is 1. The van der Waals surface area contributed by atoms with E-state index in [1.165, 1.54) is 4.88 Å². The maximum atomic E-state index is 12.5. The normalized spacial score (nSPS) is 25.3. The summed E-state index contributed by atoms with van der Waals surface area (Å²) in [5.74, 6) is -0.279. The Balaban J connectivity index is 1.52. The number of hydrogen-bond acceptors (Lipinski definition) is 4. The number of carbonyl (C=O) groups excluding carboxylic acids is 1. The lowest BCUT2D eigenvalue weighted by molar-refractivity contribution is -0.189. The van der Waals surface area contributed by atoms with Gasteiger partial charge in [-0.2, -0.15) is 0 Å². The number of carbonyl (C=O) groups is 1. The van der Waals surface area contributed by atoms with Gasteiger partial charge >= 0.3 is 6.03 Å². The number of ether oxygens (including phenoxy) is 2. The Kier molecular flexibility index (Phi) is 5.24. The van der Waals surface area contributed by atoms with Crippen LogP contribution < -0.4 is 5.32 Å². The topological polar surface area (TPSA) is 50.8 Å². The van der Waals surface area contributed by atoms with E-state index >= 15 is 0 Å². The van der Waals surface area contributed by atoms with Gasteiger partial charge < -0.3 is 19.7 Å². The van der Waals surface area contributed by atoms with Gasteiger partial charge in [-0.05, 0) is 38.1 Å². The van der Waals surface area contributed by atoms with Gasteiger partial charge in [-0.25, -0.2) is 4.79 Å². The fourth-order valence-electron chi connectivity index (χ4n) is 3.44. The van der Waals surface area contributed by atoms with Crippen LogP contribution in [0.2, 0.25) is 0 Å². The molecule has 0 aromatic carbocycles. The van der Waals surface area contributed by atoms with Gasteiger partial charge in [-0.1, -0.05) is 6.07 Å². The minimum absolute atomic E-state index is 0.0281. The van der Waals surface area contributed by atoms with E-state index in [9.17, 15) is 4.79 Å². The molecule has 1 aromatic heterocycles. The number of piperidine rings is 1. The molecule has 3 heterocycles. The van der Waals surface area contributed by atoms with Gasteiger partial charge in [0.2, 0.25) is 0 Å². The molecule has 2 amide bonds. The monoisotopic (exact) mass is 338 g/mol. The first-order valence-corrected chi connectivity index (χ1v) is 9.30. The number of nitrogens with one attached hydrogen (secondary N) is 1. The molecule has 23 heavy (non-hydrogen) atoms. The van der Waals surface area contributed by atoms with Crippen molar-refractivity contribution >= 4 is 17.4 Å². The Bertz CT molecular complexity index is 514. The van der Waals surface area contributed by atoms with Crippen LogP contribution in [0.3, 0.4) is 0 Å². The van der Waals surface area contributed by atoms with Gasteiger partial charge in [0.25, 0.3) is 0 Å². The summed E-state index contributed by atoms with van der Waals surface area (Å²) in [5, 5.41) is 5.19. The number of urea groups is 1. The molecule has 1 N–H and O–H groups in total. The number of nitrogens with zero attached hydrogens (tertiary/aromatic N) is 1. The van der Waals surface area contributed by atoms with E-state index in [2.05, 4.69) is 23.7 Å². The SMILES string of the molecule is CC(Cc1cccs1)NC(=O)N1CCCC(C2(C)OCCO2)C1. The number of thiophene rings is 1. The van der Waals surface area contributed by atoms with E-state index in [0.29, 0.717) is 19.8 Å². The summed E-state index contributed by atoms with van der Waals surface area (Å²) < 4.78 is 11.6. The fourth-order valence-corrected chi connectivity index (χ4v) is 4.27. The molecule has 0 saturated carbocycles. The molecule has 6 heteroatoms. The van der Waals surface area contributed by atoms with E-state index in [0.717, 1.165) is 25.8 Å². The summed E-state index contributed by atoms with van der Waals surface area (Å²) in [6.07, 6.45) is 2.93. The molecule has 0 spiro atoms. The minimum atomic E-state index is -0.526. The molecule has 3 rings (SSSR count). The highest BCUT2D eigenvalue weighted by atomic mass is 32.1. The zero-order chi connectivity index (χ0) is 16.3. The van der Waals surface area contributed by atoms with Gasteiger partial charge in [0.1, 0.15) is 0 Å². The molecule has 0 bridgehead atoms. The molecule has 2 aliphatic heterocycles. The average molecular weight is 338 g/mol. The van der Waals surface area contributed by atoms with E-state index in [1.54, 1.807) is 11.3 Å². The highest BCUT2D eigenvalue weighted by Gasteiger charge is 2.42. The summed E-state index contributed by atoms with van der Waals surface area (Å²) in [6.45, 7) is 6.88. The third-order valence-electron chi connectivity index (χ3n) is 4.77. The van der Waals surface area contributed by atoms with Gasteiger partial charge in [-0.15, -0.1) is 11.3 Å². The molecule has 1 aromatic rings. The molecule has 0 radical (unpaired) electrons. The smallest absolute Gasteiger partial charge is 0.317 e. The highest BCUT2D eigenvalue weighted by Crippen LogP contribution is 2.34. The van der Waals surface area contributed by atoms with Crippen molar-refractivity contribution in [1.29, 1.82) is 0 Å².